The second kappa shape index (κ2) is 13.9. The quantitative estimate of drug-likeness (QED) is 0.285. The number of nitrogens with two attached hydrogens (primary N) is 1. The van der Waals surface area contributed by atoms with E-state index in [1.165, 1.54) is 11.6 Å². The molecule has 0 saturated heterocycles. The summed E-state index contributed by atoms with van der Waals surface area (Å²) in [5.41, 5.74) is 1.79. The van der Waals surface area contributed by atoms with Crippen molar-refractivity contribution in [2.75, 3.05) is 6.54 Å². The third-order valence-corrected chi connectivity index (χ3v) is 6.29. The van der Waals surface area contributed by atoms with Crippen LogP contribution >= 0.6 is 15.9 Å². The van der Waals surface area contributed by atoms with Crippen LogP contribution in [0.15, 0.2) is 70.1 Å². The highest BCUT2D eigenvalue weighted by Gasteiger charge is 2.17. The van der Waals surface area contributed by atoms with Gasteiger partial charge in [0.15, 0.2) is 0 Å². The number of hydrogen-bond acceptors (Lipinski definition) is 6. The molecule has 2 unspecified atom stereocenters. The second-order valence-electron chi connectivity index (χ2n) is 7.09. The van der Waals surface area contributed by atoms with Crippen LogP contribution in [-0.4, -0.2) is 48.3 Å². The number of carboxylic acids is 2. The molecule has 0 fully saturated rings. The van der Waals surface area contributed by atoms with Crippen molar-refractivity contribution in [3.8, 4) is 0 Å². The fraction of sp³-hybridized carbons (Fsp3) is 0.273. The van der Waals surface area contributed by atoms with Gasteiger partial charge in [0.2, 0.25) is 10.0 Å². The summed E-state index contributed by atoms with van der Waals surface area (Å²) in [4.78, 5) is 19.1. The molecular weight excluding hydrogens is 516 g/mol. The summed E-state index contributed by atoms with van der Waals surface area (Å²) < 4.78 is 23.5. The number of sulfonamides is 1. The number of aliphatic hydroxyl groups excluding tert-OH is 1. The minimum atomic E-state index is -3.84. The molecule has 0 bridgehead atoms. The molecule has 6 N–H and O–H groups in total. The first kappa shape index (κ1) is 28.5. The molecule has 11 heteroatoms. The summed E-state index contributed by atoms with van der Waals surface area (Å²) in [5, 5.41) is 34.4. The highest BCUT2D eigenvalue weighted by molar-refractivity contribution is 9.10. The van der Waals surface area contributed by atoms with E-state index in [1.54, 1.807) is 12.1 Å². The average molecular weight is 543 g/mol. The third-order valence-electron chi connectivity index (χ3n) is 4.38. The van der Waals surface area contributed by atoms with E-state index < -0.39 is 28.1 Å². The lowest BCUT2D eigenvalue weighted by Gasteiger charge is -2.18. The summed E-state index contributed by atoms with van der Waals surface area (Å²) in [6.07, 6.45) is 2.20. The van der Waals surface area contributed by atoms with E-state index in [-0.39, 0.29) is 10.9 Å². The number of nitrogens with one attached hydrogen (secondary N) is 1. The van der Waals surface area contributed by atoms with Gasteiger partial charge < -0.3 is 20.6 Å². The number of aliphatic hydroxyl groups is 1. The van der Waals surface area contributed by atoms with Crippen molar-refractivity contribution in [3.63, 3.8) is 0 Å². The molecule has 0 heterocycles. The molecule has 33 heavy (non-hydrogen) atoms. The monoisotopic (exact) mass is 542 g/mol. The molecule has 0 aliphatic rings. The molecule has 0 aliphatic carbocycles. The normalized spacial score (nSPS) is 13.1. The summed E-state index contributed by atoms with van der Waals surface area (Å²) in [5.74, 6) is -2.51. The van der Waals surface area contributed by atoms with Crippen LogP contribution in [0.4, 0.5) is 0 Å². The fourth-order valence-electron chi connectivity index (χ4n) is 2.65. The molecule has 9 nitrogen and oxygen atoms in total. The Labute approximate surface area is 201 Å². The lowest BCUT2D eigenvalue weighted by molar-refractivity contribution is -0.134. The Bertz CT molecular complexity index is 1040. The largest absolute Gasteiger partial charge is 0.478 e. The zero-order valence-electron chi connectivity index (χ0n) is 17.9. The Morgan fingerprint density at radius 2 is 1.67 bits per heavy atom. The lowest BCUT2D eigenvalue weighted by Crippen LogP contribution is -2.31. The SMILES string of the molecule is CC(CCc1ccccc1)NCC(O)c1ccc(Br)c(S(N)(=O)=O)c1.O=C(O)C=CC(=O)O. The van der Waals surface area contributed by atoms with Gasteiger partial charge in [0, 0.05) is 29.2 Å². The van der Waals surface area contributed by atoms with Crippen LogP contribution in [-0.2, 0) is 26.0 Å². The third kappa shape index (κ3) is 11.7. The van der Waals surface area contributed by atoms with Gasteiger partial charge in [-0.25, -0.2) is 23.1 Å². The maximum absolute atomic E-state index is 11.6. The maximum Gasteiger partial charge on any atom is 0.328 e. The minimum Gasteiger partial charge on any atom is -0.478 e. The van der Waals surface area contributed by atoms with Crippen molar-refractivity contribution in [1.29, 1.82) is 0 Å². The number of hydrogen-bond donors (Lipinski definition) is 5. The van der Waals surface area contributed by atoms with Crippen LogP contribution in [0.5, 0.6) is 0 Å². The number of primary sulfonamides is 1. The first-order valence-corrected chi connectivity index (χ1v) is 12.2. The Kier molecular flexibility index (Phi) is 12.0. The number of aryl methyl sites for hydroxylation is 1. The van der Waals surface area contributed by atoms with E-state index >= 15 is 0 Å². The molecule has 0 aliphatic heterocycles. The van der Waals surface area contributed by atoms with Crippen molar-refractivity contribution < 1.29 is 33.3 Å². The topological polar surface area (TPSA) is 167 Å². The zero-order chi connectivity index (χ0) is 25.0. The van der Waals surface area contributed by atoms with Crippen molar-refractivity contribution in [2.45, 2.75) is 36.8 Å². The molecular formula is C22H27BrN2O7S. The fourth-order valence-corrected chi connectivity index (χ4v) is 4.21. The molecule has 2 aromatic carbocycles. The van der Waals surface area contributed by atoms with Crippen LogP contribution in [0.3, 0.4) is 0 Å². The van der Waals surface area contributed by atoms with E-state index in [1.807, 2.05) is 18.2 Å². The van der Waals surface area contributed by atoms with Crippen LogP contribution in [0.25, 0.3) is 0 Å². The second-order valence-corrected chi connectivity index (χ2v) is 9.48. The van der Waals surface area contributed by atoms with Gasteiger partial charge in [0.25, 0.3) is 0 Å². The predicted molar refractivity (Wildman–Crippen MR) is 127 cm³/mol. The van der Waals surface area contributed by atoms with E-state index in [0.717, 1.165) is 12.8 Å². The summed E-state index contributed by atoms with van der Waals surface area (Å²) >= 11 is 3.16. The van der Waals surface area contributed by atoms with Crippen molar-refractivity contribution in [3.05, 3.63) is 76.3 Å². The van der Waals surface area contributed by atoms with E-state index in [9.17, 15) is 23.1 Å². The number of rotatable bonds is 10. The van der Waals surface area contributed by atoms with E-state index in [2.05, 4.69) is 40.3 Å². The van der Waals surface area contributed by atoms with Gasteiger partial charge in [0.05, 0.1) is 11.0 Å². The Morgan fingerprint density at radius 3 is 2.18 bits per heavy atom. The van der Waals surface area contributed by atoms with Crippen LogP contribution in [0, 0.1) is 0 Å². The Morgan fingerprint density at radius 1 is 1.09 bits per heavy atom. The van der Waals surface area contributed by atoms with Crippen molar-refractivity contribution in [2.24, 2.45) is 5.14 Å². The number of halogens is 1. The van der Waals surface area contributed by atoms with E-state index in [4.69, 9.17) is 15.4 Å². The Hall–Kier alpha value is -2.57. The van der Waals surface area contributed by atoms with Gasteiger partial charge in [-0.3, -0.25) is 0 Å². The standard InChI is InChI=1S/C18H23BrN2O3S.C4H4O4/c1-13(7-8-14-5-3-2-4-6-14)21-12-17(22)15-9-10-16(19)18(11-15)25(20,23)24;5-3(6)1-2-4(7)8/h2-6,9-11,13,17,21-22H,7-8,12H2,1H3,(H2,20,23,24);1-2H,(H,5,6)(H,7,8). The molecule has 2 rings (SSSR count). The molecule has 0 aromatic heterocycles. The summed E-state index contributed by atoms with van der Waals surface area (Å²) in [6, 6.07) is 15.1. The molecule has 2 aromatic rings. The minimum absolute atomic E-state index is 0.0267. The number of benzene rings is 2. The van der Waals surface area contributed by atoms with Gasteiger partial charge in [-0.1, -0.05) is 36.4 Å². The van der Waals surface area contributed by atoms with Gasteiger partial charge in [-0.2, -0.15) is 0 Å². The Balaban J connectivity index is 0.000000582. The first-order chi connectivity index (χ1) is 15.4. The van der Waals surface area contributed by atoms with Crippen molar-refractivity contribution >= 4 is 37.9 Å². The molecule has 180 valence electrons. The lowest BCUT2D eigenvalue weighted by atomic mass is 10.1. The highest BCUT2D eigenvalue weighted by atomic mass is 79.9. The molecule has 0 spiro atoms. The van der Waals surface area contributed by atoms with Crippen LogP contribution < -0.4 is 10.5 Å². The molecule has 2 atom stereocenters. The first-order valence-electron chi connectivity index (χ1n) is 9.81. The van der Waals surface area contributed by atoms with Crippen LogP contribution in [0.1, 0.15) is 30.6 Å². The number of carboxylic acid groups (broad SMARTS) is 2. The molecule has 0 saturated carbocycles. The smallest absolute Gasteiger partial charge is 0.328 e. The molecule has 0 radical (unpaired) electrons. The maximum atomic E-state index is 11.6. The highest BCUT2D eigenvalue weighted by Crippen LogP contribution is 2.25. The van der Waals surface area contributed by atoms with Gasteiger partial charge >= 0.3 is 11.9 Å². The summed E-state index contributed by atoms with van der Waals surface area (Å²) in [7, 11) is -3.84. The zero-order valence-corrected chi connectivity index (χ0v) is 20.3. The van der Waals surface area contributed by atoms with Gasteiger partial charge in [0.1, 0.15) is 0 Å². The van der Waals surface area contributed by atoms with Crippen LogP contribution in [0.2, 0.25) is 0 Å². The average Bonchev–Trinajstić information content (AvgIpc) is 2.75. The summed E-state index contributed by atoms with van der Waals surface area (Å²) in [6.45, 7) is 2.40. The van der Waals surface area contributed by atoms with Crippen molar-refractivity contribution in [1.82, 2.24) is 5.32 Å². The number of aliphatic carboxylic acids is 2. The van der Waals surface area contributed by atoms with Gasteiger partial charge in [-0.05, 0) is 59.0 Å². The molecule has 0 amide bonds. The van der Waals surface area contributed by atoms with E-state index in [0.29, 0.717) is 28.7 Å². The van der Waals surface area contributed by atoms with Gasteiger partial charge in [-0.15, -0.1) is 0 Å². The number of carbonyl (C=O) groups is 2. The predicted octanol–water partition coefficient (Wildman–Crippen LogP) is 2.45.